The lowest BCUT2D eigenvalue weighted by Gasteiger charge is -2.20. The Bertz CT molecular complexity index is 578. The molecule has 0 fully saturated rings. The molecule has 4 heteroatoms. The molecular weight excluding hydrogens is 224 g/mol. The molecule has 3 rings (SSSR count). The van der Waals surface area contributed by atoms with E-state index < -0.39 is 0 Å². The fraction of sp³-hybridized carbons (Fsp3) is 0.357. The number of hydrogen-bond donors (Lipinski definition) is 0. The normalized spacial score (nSPS) is 16.7. The minimum absolute atomic E-state index is 0.121. The van der Waals surface area contributed by atoms with Gasteiger partial charge in [0.25, 0.3) is 0 Å². The molecular formula is C14H16N4. The molecule has 0 N–H and O–H groups in total. The predicted octanol–water partition coefficient (Wildman–Crippen LogP) is 2.61. The van der Waals surface area contributed by atoms with Crippen LogP contribution in [0.1, 0.15) is 25.0 Å². The minimum Gasteiger partial charge on any atom is -0.309 e. The first-order valence-corrected chi connectivity index (χ1v) is 6.09. The van der Waals surface area contributed by atoms with Gasteiger partial charge in [0.05, 0.1) is 0 Å². The van der Waals surface area contributed by atoms with Gasteiger partial charge in [-0.15, -0.1) is 0 Å². The first-order chi connectivity index (χ1) is 8.58. The van der Waals surface area contributed by atoms with Crippen LogP contribution in [0, 0.1) is 6.92 Å². The van der Waals surface area contributed by atoms with Gasteiger partial charge in [0.15, 0.2) is 0 Å². The van der Waals surface area contributed by atoms with E-state index in [4.69, 9.17) is 0 Å². The summed E-state index contributed by atoms with van der Waals surface area (Å²) < 4.78 is 0. The van der Waals surface area contributed by atoms with E-state index in [1.807, 2.05) is 0 Å². The van der Waals surface area contributed by atoms with Crippen LogP contribution in [0.15, 0.2) is 30.9 Å². The van der Waals surface area contributed by atoms with E-state index in [-0.39, 0.29) is 5.41 Å². The number of benzene rings is 1. The molecule has 0 amide bonds. The molecule has 2 aromatic rings. The van der Waals surface area contributed by atoms with E-state index in [1.54, 1.807) is 12.7 Å². The summed E-state index contributed by atoms with van der Waals surface area (Å²) in [7, 11) is 0. The number of aryl methyl sites for hydroxylation is 1. The van der Waals surface area contributed by atoms with Gasteiger partial charge in [-0.05, 0) is 24.1 Å². The summed E-state index contributed by atoms with van der Waals surface area (Å²) in [5.41, 5.74) is 3.94. The highest BCUT2D eigenvalue weighted by Crippen LogP contribution is 2.43. The van der Waals surface area contributed by atoms with E-state index in [0.29, 0.717) is 0 Å². The second kappa shape index (κ2) is 3.77. The lowest BCUT2D eigenvalue weighted by molar-refractivity contribution is 0.566. The van der Waals surface area contributed by atoms with E-state index in [2.05, 4.69) is 58.8 Å². The van der Waals surface area contributed by atoms with Crippen LogP contribution in [0.4, 0.5) is 11.6 Å². The standard InChI is InChI=1S/C14H16N4/c1-10-4-5-11-12(6-10)18(7-14(11,2)3)13-16-8-15-9-17-13/h4-6,8-9H,7H2,1-3H3. The molecule has 1 aliphatic rings. The Morgan fingerprint density at radius 3 is 2.61 bits per heavy atom. The highest BCUT2D eigenvalue weighted by molar-refractivity contribution is 5.69. The van der Waals surface area contributed by atoms with E-state index in [9.17, 15) is 0 Å². The molecule has 1 aromatic carbocycles. The summed E-state index contributed by atoms with van der Waals surface area (Å²) >= 11 is 0. The summed E-state index contributed by atoms with van der Waals surface area (Å²) in [4.78, 5) is 14.6. The van der Waals surface area contributed by atoms with Gasteiger partial charge < -0.3 is 4.90 Å². The van der Waals surface area contributed by atoms with Crippen LogP contribution >= 0.6 is 0 Å². The number of hydrogen-bond acceptors (Lipinski definition) is 4. The fourth-order valence-corrected chi connectivity index (χ4v) is 2.55. The Labute approximate surface area is 107 Å². The van der Waals surface area contributed by atoms with Crippen molar-refractivity contribution in [3.05, 3.63) is 42.0 Å². The van der Waals surface area contributed by atoms with Crippen molar-refractivity contribution in [1.82, 2.24) is 15.0 Å². The SMILES string of the molecule is Cc1ccc2c(c1)N(c1ncncn1)CC2(C)C. The van der Waals surface area contributed by atoms with Crippen LogP contribution < -0.4 is 4.90 Å². The Morgan fingerprint density at radius 2 is 1.89 bits per heavy atom. The number of fused-ring (bicyclic) bond motifs is 1. The van der Waals surface area contributed by atoms with E-state index >= 15 is 0 Å². The van der Waals surface area contributed by atoms with Crippen molar-refractivity contribution in [2.45, 2.75) is 26.2 Å². The molecule has 0 saturated carbocycles. The molecule has 0 radical (unpaired) electrons. The second-order valence-electron chi connectivity index (χ2n) is 5.43. The largest absolute Gasteiger partial charge is 0.309 e. The first-order valence-electron chi connectivity index (χ1n) is 6.09. The number of aromatic nitrogens is 3. The number of rotatable bonds is 1. The zero-order chi connectivity index (χ0) is 12.8. The molecule has 0 spiro atoms. The maximum absolute atomic E-state index is 4.26. The third-order valence-corrected chi connectivity index (χ3v) is 3.45. The van der Waals surface area contributed by atoms with Crippen molar-refractivity contribution >= 4 is 11.6 Å². The van der Waals surface area contributed by atoms with Crippen LogP contribution in [0.3, 0.4) is 0 Å². The number of nitrogens with zero attached hydrogens (tertiary/aromatic N) is 4. The Balaban J connectivity index is 2.14. The van der Waals surface area contributed by atoms with Gasteiger partial charge >= 0.3 is 0 Å². The van der Waals surface area contributed by atoms with Crippen LogP contribution in [0.5, 0.6) is 0 Å². The summed E-state index contributed by atoms with van der Waals surface area (Å²) in [5, 5.41) is 0. The Morgan fingerprint density at radius 1 is 1.17 bits per heavy atom. The molecule has 0 bridgehead atoms. The summed E-state index contributed by atoms with van der Waals surface area (Å²) in [5.74, 6) is 0.724. The molecule has 4 nitrogen and oxygen atoms in total. The number of anilines is 2. The van der Waals surface area contributed by atoms with E-state index in [1.165, 1.54) is 16.8 Å². The van der Waals surface area contributed by atoms with Gasteiger partial charge in [0.1, 0.15) is 12.7 Å². The zero-order valence-electron chi connectivity index (χ0n) is 10.9. The quantitative estimate of drug-likeness (QED) is 0.768. The summed E-state index contributed by atoms with van der Waals surface area (Å²) in [6, 6.07) is 6.58. The third-order valence-electron chi connectivity index (χ3n) is 3.45. The molecule has 0 atom stereocenters. The fourth-order valence-electron chi connectivity index (χ4n) is 2.55. The second-order valence-corrected chi connectivity index (χ2v) is 5.43. The van der Waals surface area contributed by atoms with Crippen molar-refractivity contribution in [2.75, 3.05) is 11.4 Å². The maximum atomic E-state index is 4.26. The lowest BCUT2D eigenvalue weighted by Crippen LogP contribution is -2.26. The predicted molar refractivity (Wildman–Crippen MR) is 71.0 cm³/mol. The maximum Gasteiger partial charge on any atom is 0.232 e. The minimum atomic E-state index is 0.121. The van der Waals surface area contributed by atoms with Crippen LogP contribution in [-0.2, 0) is 5.41 Å². The van der Waals surface area contributed by atoms with Gasteiger partial charge in [0.2, 0.25) is 5.95 Å². The molecule has 92 valence electrons. The van der Waals surface area contributed by atoms with Crippen molar-refractivity contribution in [2.24, 2.45) is 0 Å². The van der Waals surface area contributed by atoms with Crippen molar-refractivity contribution in [3.8, 4) is 0 Å². The van der Waals surface area contributed by atoms with Gasteiger partial charge in [0, 0.05) is 17.6 Å². The molecule has 1 aliphatic heterocycles. The molecule has 0 saturated heterocycles. The van der Waals surface area contributed by atoms with Gasteiger partial charge in [-0.1, -0.05) is 26.0 Å². The zero-order valence-corrected chi connectivity index (χ0v) is 10.9. The summed E-state index contributed by atoms with van der Waals surface area (Å²) in [6.45, 7) is 7.51. The molecule has 1 aromatic heterocycles. The third kappa shape index (κ3) is 1.65. The molecule has 18 heavy (non-hydrogen) atoms. The topological polar surface area (TPSA) is 41.9 Å². The van der Waals surface area contributed by atoms with Gasteiger partial charge in [-0.25, -0.2) is 15.0 Å². The Kier molecular flexibility index (Phi) is 2.33. The van der Waals surface area contributed by atoms with Crippen LogP contribution in [0.25, 0.3) is 0 Å². The van der Waals surface area contributed by atoms with Crippen LogP contribution in [-0.4, -0.2) is 21.5 Å². The molecule has 0 aliphatic carbocycles. The van der Waals surface area contributed by atoms with Crippen molar-refractivity contribution < 1.29 is 0 Å². The molecule has 2 heterocycles. The summed E-state index contributed by atoms with van der Waals surface area (Å²) in [6.07, 6.45) is 3.09. The molecule has 0 unspecified atom stereocenters. The smallest absolute Gasteiger partial charge is 0.232 e. The average molecular weight is 240 g/mol. The average Bonchev–Trinajstić information content (AvgIpc) is 2.62. The van der Waals surface area contributed by atoms with Crippen molar-refractivity contribution in [1.29, 1.82) is 0 Å². The Hall–Kier alpha value is -1.97. The van der Waals surface area contributed by atoms with Crippen LogP contribution in [0.2, 0.25) is 0 Å². The van der Waals surface area contributed by atoms with Gasteiger partial charge in [-0.3, -0.25) is 0 Å². The van der Waals surface area contributed by atoms with Gasteiger partial charge in [-0.2, -0.15) is 0 Å². The monoisotopic (exact) mass is 240 g/mol. The van der Waals surface area contributed by atoms with E-state index in [0.717, 1.165) is 12.5 Å². The van der Waals surface area contributed by atoms with Crippen molar-refractivity contribution in [3.63, 3.8) is 0 Å². The first kappa shape index (κ1) is 11.1. The highest BCUT2D eigenvalue weighted by atomic mass is 15.3. The lowest BCUT2D eigenvalue weighted by atomic mass is 9.87. The highest BCUT2D eigenvalue weighted by Gasteiger charge is 2.36.